The highest BCUT2D eigenvalue weighted by molar-refractivity contribution is 7.80. The Hall–Kier alpha value is -1.16. The minimum atomic E-state index is -0.351. The number of nitrogens with two attached hydrogens (primary N) is 1. The molecular weight excluding hydrogens is 223 g/mol. The largest absolute Gasteiger partial charge is 0.389 e. The van der Waals surface area contributed by atoms with Crippen LogP contribution in [0.2, 0.25) is 0 Å². The van der Waals surface area contributed by atoms with E-state index in [9.17, 15) is 4.39 Å². The van der Waals surface area contributed by atoms with Gasteiger partial charge in [0, 0.05) is 17.3 Å². The Labute approximate surface area is 100 Å². The van der Waals surface area contributed by atoms with Crippen LogP contribution in [0.25, 0.3) is 0 Å². The monoisotopic (exact) mass is 238 g/mol. The van der Waals surface area contributed by atoms with Gasteiger partial charge in [0.2, 0.25) is 0 Å². The van der Waals surface area contributed by atoms with Gasteiger partial charge < -0.3 is 11.1 Å². The van der Waals surface area contributed by atoms with Crippen molar-refractivity contribution in [2.24, 2.45) is 5.73 Å². The fourth-order valence-electron chi connectivity index (χ4n) is 2.11. The summed E-state index contributed by atoms with van der Waals surface area (Å²) in [6, 6.07) is 5.41. The molecule has 0 unspecified atom stereocenters. The first-order valence-corrected chi connectivity index (χ1v) is 5.93. The number of halogens is 1. The zero-order chi connectivity index (χ0) is 11.5. The number of hydrogen-bond donors (Lipinski definition) is 2. The lowest BCUT2D eigenvalue weighted by Gasteiger charge is -2.14. The van der Waals surface area contributed by atoms with E-state index in [1.165, 1.54) is 31.7 Å². The van der Waals surface area contributed by atoms with Gasteiger partial charge in [0.25, 0.3) is 0 Å². The highest BCUT2D eigenvalue weighted by Gasteiger charge is 2.15. The molecule has 1 aromatic rings. The van der Waals surface area contributed by atoms with Crippen molar-refractivity contribution in [1.29, 1.82) is 0 Å². The van der Waals surface area contributed by atoms with Crippen LogP contribution in [-0.4, -0.2) is 11.0 Å². The normalized spacial score (nSPS) is 16.3. The molecule has 4 heteroatoms. The standard InChI is InChI=1S/C12H15FN2S/c13-11-7-9(5-6-10(11)12(14)16)15-8-3-1-2-4-8/h5-8,15H,1-4H2,(H2,14,16). The van der Waals surface area contributed by atoms with Gasteiger partial charge in [0.1, 0.15) is 10.8 Å². The van der Waals surface area contributed by atoms with Crippen LogP contribution in [0.3, 0.4) is 0 Å². The molecule has 0 atom stereocenters. The predicted octanol–water partition coefficient (Wildman–Crippen LogP) is 2.81. The maximum atomic E-state index is 13.6. The van der Waals surface area contributed by atoms with Gasteiger partial charge in [0.05, 0.1) is 0 Å². The third-order valence-electron chi connectivity index (χ3n) is 2.96. The maximum Gasteiger partial charge on any atom is 0.135 e. The Kier molecular flexibility index (Phi) is 3.39. The molecule has 1 aromatic carbocycles. The average Bonchev–Trinajstić information content (AvgIpc) is 2.70. The summed E-state index contributed by atoms with van der Waals surface area (Å²) in [5, 5.41) is 3.32. The Morgan fingerprint density at radius 3 is 2.62 bits per heavy atom. The fourth-order valence-corrected chi connectivity index (χ4v) is 2.28. The molecule has 0 heterocycles. The second-order valence-electron chi connectivity index (χ2n) is 4.18. The topological polar surface area (TPSA) is 38.0 Å². The van der Waals surface area contributed by atoms with Crippen molar-refractivity contribution in [2.75, 3.05) is 5.32 Å². The Balaban J connectivity index is 2.11. The number of rotatable bonds is 3. The van der Waals surface area contributed by atoms with E-state index in [4.69, 9.17) is 18.0 Å². The van der Waals surface area contributed by atoms with E-state index in [2.05, 4.69) is 5.32 Å². The predicted molar refractivity (Wildman–Crippen MR) is 68.2 cm³/mol. The molecule has 0 aliphatic heterocycles. The van der Waals surface area contributed by atoms with Crippen LogP contribution in [0.5, 0.6) is 0 Å². The summed E-state index contributed by atoms with van der Waals surface area (Å²) in [6.45, 7) is 0. The summed E-state index contributed by atoms with van der Waals surface area (Å²) < 4.78 is 13.6. The first-order chi connectivity index (χ1) is 7.66. The zero-order valence-corrected chi connectivity index (χ0v) is 9.82. The number of hydrogen-bond acceptors (Lipinski definition) is 2. The SMILES string of the molecule is NC(=S)c1ccc(NC2CCCC2)cc1F. The van der Waals surface area contributed by atoms with Gasteiger partial charge in [-0.3, -0.25) is 0 Å². The Bertz CT molecular complexity index is 400. The van der Waals surface area contributed by atoms with Crippen LogP contribution >= 0.6 is 12.2 Å². The number of anilines is 1. The zero-order valence-electron chi connectivity index (χ0n) is 9.00. The summed E-state index contributed by atoms with van der Waals surface area (Å²) in [7, 11) is 0. The van der Waals surface area contributed by atoms with Crippen LogP contribution in [0, 0.1) is 5.82 Å². The van der Waals surface area contributed by atoms with Crippen molar-refractivity contribution in [3.05, 3.63) is 29.6 Å². The molecule has 86 valence electrons. The van der Waals surface area contributed by atoms with Crippen LogP contribution < -0.4 is 11.1 Å². The first kappa shape index (κ1) is 11.3. The second-order valence-corrected chi connectivity index (χ2v) is 4.62. The van der Waals surface area contributed by atoms with Crippen LogP contribution in [-0.2, 0) is 0 Å². The van der Waals surface area contributed by atoms with Gasteiger partial charge in [-0.05, 0) is 31.0 Å². The summed E-state index contributed by atoms with van der Waals surface area (Å²) in [5.41, 5.74) is 6.52. The molecule has 2 nitrogen and oxygen atoms in total. The minimum Gasteiger partial charge on any atom is -0.389 e. The third kappa shape index (κ3) is 2.50. The lowest BCUT2D eigenvalue weighted by atomic mass is 10.1. The lowest BCUT2D eigenvalue weighted by molar-refractivity contribution is 0.625. The van der Waals surface area contributed by atoms with Crippen molar-refractivity contribution in [3.63, 3.8) is 0 Å². The highest BCUT2D eigenvalue weighted by atomic mass is 32.1. The van der Waals surface area contributed by atoms with Gasteiger partial charge in [-0.25, -0.2) is 4.39 Å². The third-order valence-corrected chi connectivity index (χ3v) is 3.18. The average molecular weight is 238 g/mol. The molecule has 0 saturated heterocycles. The van der Waals surface area contributed by atoms with Crippen molar-refractivity contribution in [3.8, 4) is 0 Å². The molecule has 0 radical (unpaired) electrons. The number of nitrogens with one attached hydrogen (secondary N) is 1. The molecule has 0 aromatic heterocycles. The molecule has 16 heavy (non-hydrogen) atoms. The number of benzene rings is 1. The number of thiocarbonyl (C=S) groups is 1. The quantitative estimate of drug-likeness (QED) is 0.795. The first-order valence-electron chi connectivity index (χ1n) is 5.52. The van der Waals surface area contributed by atoms with Crippen molar-refractivity contribution < 1.29 is 4.39 Å². The van der Waals surface area contributed by atoms with Crippen molar-refractivity contribution in [2.45, 2.75) is 31.7 Å². The van der Waals surface area contributed by atoms with Gasteiger partial charge in [-0.2, -0.15) is 0 Å². The van der Waals surface area contributed by atoms with Gasteiger partial charge in [-0.1, -0.05) is 25.1 Å². The fraction of sp³-hybridized carbons (Fsp3) is 0.417. The Morgan fingerprint density at radius 1 is 1.38 bits per heavy atom. The molecule has 3 N–H and O–H groups in total. The smallest absolute Gasteiger partial charge is 0.135 e. The summed E-state index contributed by atoms with van der Waals surface area (Å²) in [6.07, 6.45) is 4.84. The molecule has 0 spiro atoms. The maximum absolute atomic E-state index is 13.6. The van der Waals surface area contributed by atoms with E-state index in [-0.39, 0.29) is 10.8 Å². The van der Waals surface area contributed by atoms with E-state index in [0.717, 1.165) is 5.69 Å². The summed E-state index contributed by atoms with van der Waals surface area (Å²) in [4.78, 5) is 0.102. The molecule has 2 rings (SSSR count). The molecule has 1 aliphatic carbocycles. The summed E-state index contributed by atoms with van der Waals surface area (Å²) >= 11 is 4.75. The van der Waals surface area contributed by atoms with Gasteiger partial charge >= 0.3 is 0 Å². The molecule has 1 fully saturated rings. The lowest BCUT2D eigenvalue weighted by Crippen LogP contribution is -2.16. The van der Waals surface area contributed by atoms with E-state index >= 15 is 0 Å². The van der Waals surface area contributed by atoms with Gasteiger partial charge in [-0.15, -0.1) is 0 Å². The molecule has 0 amide bonds. The van der Waals surface area contributed by atoms with E-state index in [1.807, 2.05) is 6.07 Å². The van der Waals surface area contributed by atoms with Crippen LogP contribution in [0.1, 0.15) is 31.2 Å². The molecular formula is C12H15FN2S. The minimum absolute atomic E-state index is 0.102. The second kappa shape index (κ2) is 4.78. The highest BCUT2D eigenvalue weighted by Crippen LogP contribution is 2.23. The Morgan fingerprint density at radius 2 is 2.06 bits per heavy atom. The van der Waals surface area contributed by atoms with Crippen LogP contribution in [0.15, 0.2) is 18.2 Å². The van der Waals surface area contributed by atoms with E-state index in [1.54, 1.807) is 6.07 Å². The molecule has 1 saturated carbocycles. The van der Waals surface area contributed by atoms with E-state index in [0.29, 0.717) is 11.6 Å². The van der Waals surface area contributed by atoms with Gasteiger partial charge in [0.15, 0.2) is 0 Å². The summed E-state index contributed by atoms with van der Waals surface area (Å²) in [5.74, 6) is -0.351. The van der Waals surface area contributed by atoms with E-state index < -0.39 is 0 Å². The molecule has 0 bridgehead atoms. The van der Waals surface area contributed by atoms with Crippen molar-refractivity contribution in [1.82, 2.24) is 0 Å². The van der Waals surface area contributed by atoms with Crippen LogP contribution in [0.4, 0.5) is 10.1 Å². The van der Waals surface area contributed by atoms with Crippen molar-refractivity contribution >= 4 is 22.9 Å². The molecule has 1 aliphatic rings.